The normalized spacial score (nSPS) is 14.7. The zero-order chi connectivity index (χ0) is 12.5. The van der Waals surface area contributed by atoms with Crippen molar-refractivity contribution in [3.63, 3.8) is 0 Å². The third-order valence-corrected chi connectivity index (χ3v) is 2.79. The van der Waals surface area contributed by atoms with E-state index in [4.69, 9.17) is 11.6 Å². The molecule has 7 nitrogen and oxygen atoms in total. The molecule has 0 aliphatic heterocycles. The van der Waals surface area contributed by atoms with Crippen LogP contribution in [-0.4, -0.2) is 38.4 Å². The molecule has 94 valence electrons. The molecule has 0 spiro atoms. The highest BCUT2D eigenvalue weighted by molar-refractivity contribution is 6.28. The molecule has 2 aromatic rings. The third-order valence-electron chi connectivity index (χ3n) is 2.62. The zero-order valence-corrected chi connectivity index (χ0v) is 10.2. The molecule has 1 fully saturated rings. The predicted octanol–water partition coefficient (Wildman–Crippen LogP) is 0.697. The second-order valence-electron chi connectivity index (χ2n) is 4.14. The molecule has 0 atom stereocenters. The van der Waals surface area contributed by atoms with Crippen molar-refractivity contribution in [2.45, 2.75) is 18.9 Å². The van der Waals surface area contributed by atoms with Gasteiger partial charge < -0.3 is 15.6 Å². The average molecular weight is 267 g/mol. The van der Waals surface area contributed by atoms with E-state index in [2.05, 4.69) is 30.6 Å². The molecule has 18 heavy (non-hydrogen) atoms. The summed E-state index contributed by atoms with van der Waals surface area (Å²) in [5.74, 6) is 0.424. The number of aromatic nitrogens is 4. The summed E-state index contributed by atoms with van der Waals surface area (Å²) in [5.41, 5.74) is 1.11. The number of rotatable bonds is 4. The lowest BCUT2D eigenvalue weighted by atomic mass is 10.4. The monoisotopic (exact) mass is 266 g/mol. The van der Waals surface area contributed by atoms with Gasteiger partial charge in [0.25, 0.3) is 0 Å². The first-order valence-electron chi connectivity index (χ1n) is 5.62. The van der Waals surface area contributed by atoms with E-state index in [0.29, 0.717) is 23.0 Å². The highest BCUT2D eigenvalue weighted by Crippen LogP contribution is 2.19. The van der Waals surface area contributed by atoms with E-state index in [1.165, 1.54) is 6.33 Å². The van der Waals surface area contributed by atoms with Crippen molar-refractivity contribution < 1.29 is 4.79 Å². The summed E-state index contributed by atoms with van der Waals surface area (Å²) >= 11 is 5.77. The number of hydrogen-bond donors (Lipinski definition) is 3. The number of anilines is 1. The van der Waals surface area contributed by atoms with Crippen molar-refractivity contribution >= 4 is 34.5 Å². The molecule has 2 heterocycles. The first-order valence-corrected chi connectivity index (χ1v) is 6.00. The quantitative estimate of drug-likeness (QED) is 0.708. The topological polar surface area (TPSA) is 95.6 Å². The van der Waals surface area contributed by atoms with E-state index >= 15 is 0 Å². The van der Waals surface area contributed by atoms with Gasteiger partial charge in [0, 0.05) is 6.04 Å². The van der Waals surface area contributed by atoms with Gasteiger partial charge in [-0.2, -0.15) is 9.97 Å². The average Bonchev–Trinajstić information content (AvgIpc) is 3.01. The van der Waals surface area contributed by atoms with E-state index < -0.39 is 0 Å². The number of carbonyl (C=O) groups is 1. The fourth-order valence-corrected chi connectivity index (χ4v) is 1.77. The molecule has 1 amide bonds. The van der Waals surface area contributed by atoms with Gasteiger partial charge in [0.1, 0.15) is 5.52 Å². The van der Waals surface area contributed by atoms with Gasteiger partial charge in [-0.3, -0.25) is 4.79 Å². The minimum Gasteiger partial charge on any atom is -0.359 e. The number of aromatic amines is 1. The predicted molar refractivity (Wildman–Crippen MR) is 66.3 cm³/mol. The van der Waals surface area contributed by atoms with Crippen LogP contribution in [0.15, 0.2) is 6.33 Å². The molecule has 1 aliphatic carbocycles. The standard InChI is InChI=1S/C10H11ClN6O/c11-10-16-8(7-9(17-10)14-4-13-7)12-3-6(18)15-5-1-2-5/h4-5H,1-3H2,(H,15,18)(H2,12,13,14,16,17). The SMILES string of the molecule is O=C(CNc1nc(Cl)nc2nc[nH]c12)NC1CC1. The Bertz CT molecular complexity index is 593. The first-order chi connectivity index (χ1) is 8.72. The van der Waals surface area contributed by atoms with E-state index in [1.54, 1.807) is 0 Å². The molecule has 3 N–H and O–H groups in total. The molecule has 0 bridgehead atoms. The molecule has 2 aromatic heterocycles. The fraction of sp³-hybridized carbons (Fsp3) is 0.400. The number of hydrogen-bond acceptors (Lipinski definition) is 5. The molecule has 0 unspecified atom stereocenters. The summed E-state index contributed by atoms with van der Waals surface area (Å²) in [6.45, 7) is 0.151. The molecule has 0 saturated heterocycles. The number of nitrogens with one attached hydrogen (secondary N) is 3. The molecular weight excluding hydrogens is 256 g/mol. The molecular formula is C10H11ClN6O. The van der Waals surface area contributed by atoms with Crippen LogP contribution in [0.5, 0.6) is 0 Å². The van der Waals surface area contributed by atoms with E-state index in [-0.39, 0.29) is 17.7 Å². The summed E-state index contributed by atoms with van der Waals surface area (Å²) in [4.78, 5) is 26.4. The fourth-order valence-electron chi connectivity index (χ4n) is 1.60. The van der Waals surface area contributed by atoms with Gasteiger partial charge in [-0.05, 0) is 24.4 Å². The summed E-state index contributed by atoms with van der Waals surface area (Å²) in [7, 11) is 0. The van der Waals surface area contributed by atoms with Gasteiger partial charge in [-0.1, -0.05) is 0 Å². The van der Waals surface area contributed by atoms with Crippen LogP contribution in [0.4, 0.5) is 5.82 Å². The van der Waals surface area contributed by atoms with Gasteiger partial charge in [-0.25, -0.2) is 4.98 Å². The van der Waals surface area contributed by atoms with Gasteiger partial charge in [-0.15, -0.1) is 0 Å². The summed E-state index contributed by atoms with van der Waals surface area (Å²) in [6.07, 6.45) is 3.64. The van der Waals surface area contributed by atoms with Gasteiger partial charge in [0.05, 0.1) is 12.9 Å². The molecule has 1 aliphatic rings. The second-order valence-corrected chi connectivity index (χ2v) is 4.48. The number of H-pyrrole nitrogens is 1. The summed E-state index contributed by atoms with van der Waals surface area (Å²) in [6, 6.07) is 0.348. The Morgan fingerprint density at radius 3 is 3.11 bits per heavy atom. The highest BCUT2D eigenvalue weighted by Gasteiger charge is 2.23. The van der Waals surface area contributed by atoms with Crippen LogP contribution in [-0.2, 0) is 4.79 Å². The lowest BCUT2D eigenvalue weighted by Crippen LogP contribution is -2.31. The van der Waals surface area contributed by atoms with Crippen molar-refractivity contribution in [1.29, 1.82) is 0 Å². The minimum atomic E-state index is -0.0556. The Labute approximate surface area is 107 Å². The van der Waals surface area contributed by atoms with Crippen molar-refractivity contribution in [3.8, 4) is 0 Å². The van der Waals surface area contributed by atoms with Crippen molar-refractivity contribution in [3.05, 3.63) is 11.6 Å². The van der Waals surface area contributed by atoms with Crippen LogP contribution in [0.3, 0.4) is 0 Å². The Morgan fingerprint density at radius 1 is 1.50 bits per heavy atom. The van der Waals surface area contributed by atoms with Crippen LogP contribution < -0.4 is 10.6 Å². The molecule has 0 radical (unpaired) electrons. The maximum absolute atomic E-state index is 11.6. The zero-order valence-electron chi connectivity index (χ0n) is 9.40. The molecule has 8 heteroatoms. The van der Waals surface area contributed by atoms with E-state index in [0.717, 1.165) is 12.8 Å². The number of nitrogens with zero attached hydrogens (tertiary/aromatic N) is 3. The van der Waals surface area contributed by atoms with Crippen LogP contribution in [0.2, 0.25) is 5.28 Å². The highest BCUT2D eigenvalue weighted by atomic mass is 35.5. The van der Waals surface area contributed by atoms with Crippen molar-refractivity contribution in [2.75, 3.05) is 11.9 Å². The Balaban J connectivity index is 1.72. The van der Waals surface area contributed by atoms with Crippen LogP contribution in [0, 0.1) is 0 Å². The van der Waals surface area contributed by atoms with Crippen molar-refractivity contribution in [2.24, 2.45) is 0 Å². The number of halogens is 1. The Morgan fingerprint density at radius 2 is 2.33 bits per heavy atom. The maximum atomic E-state index is 11.6. The van der Waals surface area contributed by atoms with Gasteiger partial charge in [0.2, 0.25) is 11.2 Å². The van der Waals surface area contributed by atoms with Crippen LogP contribution in [0.25, 0.3) is 11.2 Å². The van der Waals surface area contributed by atoms with Crippen LogP contribution in [0.1, 0.15) is 12.8 Å². The molecule has 3 rings (SSSR count). The number of imidazole rings is 1. The summed E-state index contributed by atoms with van der Waals surface area (Å²) < 4.78 is 0. The first kappa shape index (κ1) is 11.2. The number of fused-ring (bicyclic) bond motifs is 1. The van der Waals surface area contributed by atoms with Gasteiger partial charge in [0.15, 0.2) is 11.5 Å². The molecule has 1 saturated carbocycles. The van der Waals surface area contributed by atoms with E-state index in [1.807, 2.05) is 0 Å². The maximum Gasteiger partial charge on any atom is 0.239 e. The van der Waals surface area contributed by atoms with Crippen molar-refractivity contribution in [1.82, 2.24) is 25.3 Å². The number of amides is 1. The van der Waals surface area contributed by atoms with Crippen LogP contribution >= 0.6 is 11.6 Å². The van der Waals surface area contributed by atoms with Gasteiger partial charge >= 0.3 is 0 Å². The Kier molecular flexibility index (Phi) is 2.75. The largest absolute Gasteiger partial charge is 0.359 e. The Hall–Kier alpha value is -1.89. The number of carbonyl (C=O) groups excluding carboxylic acids is 1. The third kappa shape index (κ3) is 2.35. The minimum absolute atomic E-state index is 0.0556. The lowest BCUT2D eigenvalue weighted by molar-refractivity contribution is -0.119. The lowest BCUT2D eigenvalue weighted by Gasteiger charge is -2.06. The second kappa shape index (κ2) is 4.41. The van der Waals surface area contributed by atoms with E-state index in [9.17, 15) is 4.79 Å². The molecule has 0 aromatic carbocycles. The smallest absolute Gasteiger partial charge is 0.239 e. The summed E-state index contributed by atoms with van der Waals surface area (Å²) in [5, 5.41) is 5.90.